The van der Waals surface area contributed by atoms with Gasteiger partial charge in [0.15, 0.2) is 0 Å². The smallest absolute Gasteiger partial charge is 0.317 e. The number of carbonyl (C=O) groups excluding carboxylic acids is 2. The first-order chi connectivity index (χ1) is 12.1. The van der Waals surface area contributed by atoms with Crippen molar-refractivity contribution in [3.05, 3.63) is 30.1 Å². The summed E-state index contributed by atoms with van der Waals surface area (Å²) in [5, 5.41) is 5.86. The molecule has 0 aromatic heterocycles. The quantitative estimate of drug-likeness (QED) is 0.875. The van der Waals surface area contributed by atoms with E-state index in [2.05, 4.69) is 10.6 Å². The zero-order valence-electron chi connectivity index (χ0n) is 14.3. The van der Waals surface area contributed by atoms with Crippen LogP contribution in [0.2, 0.25) is 0 Å². The van der Waals surface area contributed by atoms with Crippen LogP contribution in [-0.4, -0.2) is 60.5 Å². The summed E-state index contributed by atoms with van der Waals surface area (Å²) in [6, 6.07) is 6.06. The van der Waals surface area contributed by atoms with Crippen LogP contribution in [0.1, 0.15) is 25.7 Å². The Balaban J connectivity index is 1.38. The van der Waals surface area contributed by atoms with Crippen LogP contribution in [0, 0.1) is 5.82 Å². The largest absolute Gasteiger partial charge is 0.335 e. The number of hydrogen-bond acceptors (Lipinski definition) is 3. The lowest BCUT2D eigenvalue weighted by molar-refractivity contribution is -0.117. The minimum atomic E-state index is -0.329. The van der Waals surface area contributed by atoms with Gasteiger partial charge in [0.2, 0.25) is 5.91 Å². The van der Waals surface area contributed by atoms with Gasteiger partial charge in [-0.2, -0.15) is 0 Å². The molecule has 1 saturated carbocycles. The topological polar surface area (TPSA) is 64.7 Å². The molecular weight excluding hydrogens is 323 g/mol. The van der Waals surface area contributed by atoms with Gasteiger partial charge in [0.25, 0.3) is 0 Å². The van der Waals surface area contributed by atoms with E-state index in [-0.39, 0.29) is 24.3 Å². The molecular formula is C18H25FN4O2. The Kier molecular flexibility index (Phi) is 5.86. The van der Waals surface area contributed by atoms with Gasteiger partial charge in [-0.25, -0.2) is 9.18 Å². The Morgan fingerprint density at radius 2 is 1.68 bits per heavy atom. The van der Waals surface area contributed by atoms with E-state index in [1.165, 1.54) is 25.0 Å². The zero-order valence-corrected chi connectivity index (χ0v) is 14.3. The molecule has 7 heteroatoms. The Hall–Kier alpha value is -2.15. The van der Waals surface area contributed by atoms with Crippen molar-refractivity contribution in [1.82, 2.24) is 15.1 Å². The van der Waals surface area contributed by atoms with Gasteiger partial charge in [-0.15, -0.1) is 0 Å². The van der Waals surface area contributed by atoms with E-state index in [1.807, 2.05) is 9.80 Å². The van der Waals surface area contributed by atoms with Gasteiger partial charge in [-0.1, -0.05) is 12.8 Å². The van der Waals surface area contributed by atoms with E-state index in [0.29, 0.717) is 37.9 Å². The summed E-state index contributed by atoms with van der Waals surface area (Å²) in [7, 11) is 0. The summed E-state index contributed by atoms with van der Waals surface area (Å²) < 4.78 is 12.9. The number of piperazine rings is 1. The first kappa shape index (κ1) is 17.7. The van der Waals surface area contributed by atoms with E-state index in [9.17, 15) is 14.0 Å². The molecule has 2 aliphatic rings. The second kappa shape index (κ2) is 8.29. The van der Waals surface area contributed by atoms with Gasteiger partial charge in [-0.05, 0) is 37.1 Å². The highest BCUT2D eigenvalue weighted by Gasteiger charge is 2.25. The van der Waals surface area contributed by atoms with E-state index < -0.39 is 0 Å². The monoisotopic (exact) mass is 348 g/mol. The summed E-state index contributed by atoms with van der Waals surface area (Å²) in [5.74, 6) is -0.458. The van der Waals surface area contributed by atoms with Crippen molar-refractivity contribution in [1.29, 1.82) is 0 Å². The maximum atomic E-state index is 12.9. The molecule has 0 atom stereocenters. The van der Waals surface area contributed by atoms with Crippen LogP contribution < -0.4 is 10.6 Å². The normalized spacial score (nSPS) is 19.0. The molecule has 3 rings (SSSR count). The Morgan fingerprint density at radius 3 is 2.32 bits per heavy atom. The third-order valence-corrected chi connectivity index (χ3v) is 4.84. The van der Waals surface area contributed by atoms with Crippen LogP contribution in [0.4, 0.5) is 14.9 Å². The molecule has 6 nitrogen and oxygen atoms in total. The predicted octanol–water partition coefficient (Wildman–Crippen LogP) is 2.03. The minimum Gasteiger partial charge on any atom is -0.335 e. The van der Waals surface area contributed by atoms with Crippen molar-refractivity contribution in [3.63, 3.8) is 0 Å². The summed E-state index contributed by atoms with van der Waals surface area (Å²) in [4.78, 5) is 28.2. The van der Waals surface area contributed by atoms with Gasteiger partial charge in [-0.3, -0.25) is 9.69 Å². The van der Waals surface area contributed by atoms with Crippen LogP contribution in [0.5, 0.6) is 0 Å². The van der Waals surface area contributed by atoms with Crippen LogP contribution in [0.15, 0.2) is 24.3 Å². The average molecular weight is 348 g/mol. The zero-order chi connectivity index (χ0) is 17.6. The number of amides is 3. The van der Waals surface area contributed by atoms with E-state index in [1.54, 1.807) is 12.1 Å². The number of halogens is 1. The number of nitrogens with zero attached hydrogens (tertiary/aromatic N) is 2. The number of rotatable bonds is 4. The number of carbonyl (C=O) groups is 2. The van der Waals surface area contributed by atoms with Gasteiger partial charge < -0.3 is 15.5 Å². The molecule has 2 fully saturated rings. The molecule has 0 spiro atoms. The van der Waals surface area contributed by atoms with E-state index in [4.69, 9.17) is 0 Å². The Bertz CT molecular complexity index is 594. The first-order valence-corrected chi connectivity index (χ1v) is 8.93. The fourth-order valence-electron chi connectivity index (χ4n) is 3.38. The molecule has 25 heavy (non-hydrogen) atoms. The van der Waals surface area contributed by atoms with Crippen molar-refractivity contribution in [2.75, 3.05) is 38.0 Å². The number of hydrogen-bond donors (Lipinski definition) is 2. The summed E-state index contributed by atoms with van der Waals surface area (Å²) in [6.07, 6.45) is 4.55. The predicted molar refractivity (Wildman–Crippen MR) is 93.8 cm³/mol. The number of urea groups is 1. The lowest BCUT2D eigenvalue weighted by Gasteiger charge is -2.34. The van der Waals surface area contributed by atoms with Crippen molar-refractivity contribution in [2.24, 2.45) is 0 Å². The second-order valence-electron chi connectivity index (χ2n) is 6.75. The maximum Gasteiger partial charge on any atom is 0.317 e. The molecule has 3 amide bonds. The van der Waals surface area contributed by atoms with E-state index in [0.717, 1.165) is 12.8 Å². The first-order valence-electron chi connectivity index (χ1n) is 8.93. The van der Waals surface area contributed by atoms with Crippen molar-refractivity contribution >= 4 is 17.6 Å². The van der Waals surface area contributed by atoms with Crippen LogP contribution >= 0.6 is 0 Å². The molecule has 0 radical (unpaired) electrons. The second-order valence-corrected chi connectivity index (χ2v) is 6.75. The molecule has 1 heterocycles. The number of benzene rings is 1. The standard InChI is InChI=1S/C18H25FN4O2/c19-14-5-7-16(8-6-14)20-17(24)13-22-9-11-23(12-10-22)18(25)21-15-3-1-2-4-15/h5-8,15H,1-4,9-13H2,(H,20,24)(H,21,25). The average Bonchev–Trinajstić information content (AvgIpc) is 3.10. The summed E-state index contributed by atoms with van der Waals surface area (Å²) >= 11 is 0. The molecule has 1 aliphatic heterocycles. The molecule has 1 aromatic rings. The number of nitrogens with one attached hydrogen (secondary N) is 2. The SMILES string of the molecule is O=C(CN1CCN(C(=O)NC2CCCC2)CC1)Nc1ccc(F)cc1. The highest BCUT2D eigenvalue weighted by Crippen LogP contribution is 2.18. The fourth-order valence-corrected chi connectivity index (χ4v) is 3.38. The lowest BCUT2D eigenvalue weighted by Crippen LogP contribution is -2.54. The molecule has 0 bridgehead atoms. The molecule has 1 aliphatic carbocycles. The van der Waals surface area contributed by atoms with Crippen LogP contribution in [0.3, 0.4) is 0 Å². The van der Waals surface area contributed by atoms with Gasteiger partial charge >= 0.3 is 6.03 Å². The van der Waals surface area contributed by atoms with Crippen LogP contribution in [0.25, 0.3) is 0 Å². The van der Waals surface area contributed by atoms with Crippen molar-refractivity contribution < 1.29 is 14.0 Å². The summed E-state index contributed by atoms with van der Waals surface area (Å²) in [6.45, 7) is 2.88. The lowest BCUT2D eigenvalue weighted by atomic mass is 10.2. The third kappa shape index (κ3) is 5.16. The third-order valence-electron chi connectivity index (χ3n) is 4.84. The number of anilines is 1. The maximum absolute atomic E-state index is 12.9. The van der Waals surface area contributed by atoms with Crippen molar-refractivity contribution in [3.8, 4) is 0 Å². The summed E-state index contributed by atoms with van der Waals surface area (Å²) in [5.41, 5.74) is 0.584. The van der Waals surface area contributed by atoms with Crippen molar-refractivity contribution in [2.45, 2.75) is 31.7 Å². The molecule has 1 aromatic carbocycles. The molecule has 2 N–H and O–H groups in total. The molecule has 1 saturated heterocycles. The molecule has 0 unspecified atom stereocenters. The Morgan fingerprint density at radius 1 is 1.04 bits per heavy atom. The highest BCUT2D eigenvalue weighted by molar-refractivity contribution is 5.92. The van der Waals surface area contributed by atoms with E-state index >= 15 is 0 Å². The Labute approximate surface area is 147 Å². The molecule has 136 valence electrons. The van der Waals surface area contributed by atoms with Gasteiger partial charge in [0.1, 0.15) is 5.82 Å². The van der Waals surface area contributed by atoms with Gasteiger partial charge in [0, 0.05) is 37.9 Å². The van der Waals surface area contributed by atoms with Crippen LogP contribution in [-0.2, 0) is 4.79 Å². The minimum absolute atomic E-state index is 0.0160. The van der Waals surface area contributed by atoms with Gasteiger partial charge in [0.05, 0.1) is 6.54 Å². The highest BCUT2D eigenvalue weighted by atomic mass is 19.1. The fraction of sp³-hybridized carbons (Fsp3) is 0.556.